The van der Waals surface area contributed by atoms with Gasteiger partial charge in [-0.15, -0.1) is 0 Å². The Bertz CT molecular complexity index is 733. The number of carbonyl (C=O) groups is 1. The van der Waals surface area contributed by atoms with Gasteiger partial charge in [-0.05, 0) is 30.2 Å². The van der Waals surface area contributed by atoms with Gasteiger partial charge < -0.3 is 9.88 Å². The standard InChI is InChI=1S/C18H17N3O/c1-3-16-17(4-2)21(13-12-19-14-22)18(20-16)11-10-15-8-6-5-7-9-15/h3-9,14H,1-2,12-13H2,(H,19,22). The molecule has 2 rings (SSSR count). The Hall–Kier alpha value is -3.06. The molecule has 4 nitrogen and oxygen atoms in total. The first-order valence-electron chi connectivity index (χ1n) is 6.89. The Morgan fingerprint density at radius 3 is 2.59 bits per heavy atom. The van der Waals surface area contributed by atoms with Crippen molar-refractivity contribution in [2.24, 2.45) is 0 Å². The summed E-state index contributed by atoms with van der Waals surface area (Å²) in [7, 11) is 0. The van der Waals surface area contributed by atoms with E-state index in [0.717, 1.165) is 17.0 Å². The SMILES string of the molecule is C=Cc1nc(C#Cc2ccccc2)n(CCNC=O)c1C=C. The van der Waals surface area contributed by atoms with Crippen molar-refractivity contribution in [2.75, 3.05) is 6.54 Å². The molecule has 0 spiro atoms. The smallest absolute Gasteiger partial charge is 0.207 e. The third kappa shape index (κ3) is 3.53. The van der Waals surface area contributed by atoms with Crippen molar-refractivity contribution in [3.05, 3.63) is 66.3 Å². The van der Waals surface area contributed by atoms with Crippen LogP contribution in [0, 0.1) is 11.8 Å². The molecule has 0 atom stereocenters. The van der Waals surface area contributed by atoms with Gasteiger partial charge >= 0.3 is 0 Å². The molecular weight excluding hydrogens is 274 g/mol. The fourth-order valence-electron chi connectivity index (χ4n) is 2.06. The van der Waals surface area contributed by atoms with Crippen LogP contribution < -0.4 is 5.32 Å². The molecule has 0 fully saturated rings. The minimum Gasteiger partial charge on any atom is -0.357 e. The maximum absolute atomic E-state index is 10.4. The topological polar surface area (TPSA) is 46.9 Å². The largest absolute Gasteiger partial charge is 0.357 e. The van der Waals surface area contributed by atoms with Crippen LogP contribution in [0.5, 0.6) is 0 Å². The predicted molar refractivity (Wildman–Crippen MR) is 88.9 cm³/mol. The van der Waals surface area contributed by atoms with Crippen molar-refractivity contribution in [3.8, 4) is 11.8 Å². The van der Waals surface area contributed by atoms with E-state index in [9.17, 15) is 4.79 Å². The lowest BCUT2D eigenvalue weighted by atomic mass is 10.2. The van der Waals surface area contributed by atoms with Crippen LogP contribution in [-0.4, -0.2) is 22.5 Å². The normalized spacial score (nSPS) is 9.45. The van der Waals surface area contributed by atoms with E-state index in [4.69, 9.17) is 0 Å². The summed E-state index contributed by atoms with van der Waals surface area (Å²) in [6.45, 7) is 8.64. The highest BCUT2D eigenvalue weighted by molar-refractivity contribution is 5.60. The molecule has 1 aromatic heterocycles. The summed E-state index contributed by atoms with van der Waals surface area (Å²) in [6.07, 6.45) is 4.07. The third-order valence-electron chi connectivity index (χ3n) is 3.08. The zero-order valence-electron chi connectivity index (χ0n) is 12.2. The van der Waals surface area contributed by atoms with Crippen molar-refractivity contribution >= 4 is 18.6 Å². The first-order valence-corrected chi connectivity index (χ1v) is 6.89. The Morgan fingerprint density at radius 2 is 1.95 bits per heavy atom. The average Bonchev–Trinajstić information content (AvgIpc) is 2.91. The van der Waals surface area contributed by atoms with E-state index >= 15 is 0 Å². The highest BCUT2D eigenvalue weighted by Crippen LogP contribution is 2.14. The van der Waals surface area contributed by atoms with Crippen molar-refractivity contribution in [1.29, 1.82) is 0 Å². The summed E-state index contributed by atoms with van der Waals surface area (Å²) in [5.41, 5.74) is 2.50. The van der Waals surface area contributed by atoms with Gasteiger partial charge in [-0.1, -0.05) is 37.3 Å². The second-order valence-corrected chi connectivity index (χ2v) is 4.45. The van der Waals surface area contributed by atoms with Gasteiger partial charge in [0.15, 0.2) is 5.82 Å². The van der Waals surface area contributed by atoms with Crippen LogP contribution in [0.2, 0.25) is 0 Å². The summed E-state index contributed by atoms with van der Waals surface area (Å²) in [5.74, 6) is 6.79. The van der Waals surface area contributed by atoms with Crippen molar-refractivity contribution in [1.82, 2.24) is 14.9 Å². The van der Waals surface area contributed by atoms with Gasteiger partial charge in [0, 0.05) is 18.7 Å². The molecule has 1 heterocycles. The Kier molecular flexibility index (Phi) is 5.33. The Morgan fingerprint density at radius 1 is 1.18 bits per heavy atom. The second-order valence-electron chi connectivity index (χ2n) is 4.45. The summed E-state index contributed by atoms with van der Waals surface area (Å²) in [5, 5.41) is 2.64. The van der Waals surface area contributed by atoms with Crippen molar-refractivity contribution < 1.29 is 4.79 Å². The molecule has 0 bridgehead atoms. The maximum atomic E-state index is 10.4. The Balaban J connectivity index is 2.39. The molecule has 0 aliphatic carbocycles. The monoisotopic (exact) mass is 291 g/mol. The van der Waals surface area contributed by atoms with Gasteiger partial charge in [-0.3, -0.25) is 4.79 Å². The average molecular weight is 291 g/mol. The fraction of sp³-hybridized carbons (Fsp3) is 0.111. The van der Waals surface area contributed by atoms with Crippen LogP contribution in [-0.2, 0) is 11.3 Å². The summed E-state index contributed by atoms with van der Waals surface area (Å²) < 4.78 is 1.93. The first-order chi connectivity index (χ1) is 10.8. The molecule has 0 radical (unpaired) electrons. The molecule has 1 amide bonds. The van der Waals surface area contributed by atoms with Crippen LogP contribution in [0.4, 0.5) is 0 Å². The molecule has 0 unspecified atom stereocenters. The molecule has 0 saturated carbocycles. The van der Waals surface area contributed by atoms with E-state index in [2.05, 4.69) is 35.3 Å². The number of benzene rings is 1. The van der Waals surface area contributed by atoms with Gasteiger partial charge in [0.05, 0.1) is 11.4 Å². The highest BCUT2D eigenvalue weighted by Gasteiger charge is 2.11. The molecule has 0 aliphatic rings. The van der Waals surface area contributed by atoms with Crippen LogP contribution in [0.3, 0.4) is 0 Å². The number of nitrogens with one attached hydrogen (secondary N) is 1. The third-order valence-corrected chi connectivity index (χ3v) is 3.08. The molecule has 1 aromatic carbocycles. The van der Waals surface area contributed by atoms with Crippen LogP contribution >= 0.6 is 0 Å². The van der Waals surface area contributed by atoms with E-state index in [-0.39, 0.29) is 0 Å². The van der Waals surface area contributed by atoms with Gasteiger partial charge in [0.2, 0.25) is 6.41 Å². The van der Waals surface area contributed by atoms with E-state index in [1.165, 1.54) is 0 Å². The number of hydrogen-bond acceptors (Lipinski definition) is 2. The van der Waals surface area contributed by atoms with Crippen LogP contribution in [0.1, 0.15) is 22.8 Å². The van der Waals surface area contributed by atoms with E-state index in [1.54, 1.807) is 12.2 Å². The lowest BCUT2D eigenvalue weighted by molar-refractivity contribution is -0.109. The molecule has 0 saturated heterocycles. The van der Waals surface area contributed by atoms with Crippen LogP contribution in [0.15, 0.2) is 43.5 Å². The van der Waals surface area contributed by atoms with E-state index < -0.39 is 0 Å². The van der Waals surface area contributed by atoms with Gasteiger partial charge in [0.1, 0.15) is 0 Å². The zero-order chi connectivity index (χ0) is 15.8. The molecule has 110 valence electrons. The zero-order valence-corrected chi connectivity index (χ0v) is 12.2. The summed E-state index contributed by atoms with van der Waals surface area (Å²) in [6, 6.07) is 9.71. The highest BCUT2D eigenvalue weighted by atomic mass is 16.1. The lowest BCUT2D eigenvalue weighted by Gasteiger charge is -2.06. The van der Waals surface area contributed by atoms with Crippen molar-refractivity contribution in [3.63, 3.8) is 0 Å². The van der Waals surface area contributed by atoms with E-state index in [0.29, 0.717) is 25.3 Å². The summed E-state index contributed by atoms with van der Waals surface area (Å²) >= 11 is 0. The molecular formula is C18H17N3O. The number of nitrogens with zero attached hydrogens (tertiary/aromatic N) is 2. The molecule has 1 N–H and O–H groups in total. The number of carbonyl (C=O) groups excluding carboxylic acids is 1. The van der Waals surface area contributed by atoms with Crippen molar-refractivity contribution in [2.45, 2.75) is 6.54 Å². The maximum Gasteiger partial charge on any atom is 0.207 e. The van der Waals surface area contributed by atoms with Gasteiger partial charge in [0.25, 0.3) is 0 Å². The van der Waals surface area contributed by atoms with Crippen LogP contribution in [0.25, 0.3) is 12.2 Å². The lowest BCUT2D eigenvalue weighted by Crippen LogP contribution is -2.19. The molecule has 0 aliphatic heterocycles. The number of aromatic nitrogens is 2. The quantitative estimate of drug-likeness (QED) is 0.504. The number of hydrogen-bond donors (Lipinski definition) is 1. The van der Waals surface area contributed by atoms with Gasteiger partial charge in [-0.2, -0.15) is 0 Å². The second kappa shape index (κ2) is 7.65. The molecule has 2 aromatic rings. The Labute approximate surface area is 130 Å². The van der Waals surface area contributed by atoms with Gasteiger partial charge in [-0.25, -0.2) is 4.98 Å². The number of imidazole rings is 1. The van der Waals surface area contributed by atoms with E-state index in [1.807, 2.05) is 34.9 Å². The summed E-state index contributed by atoms with van der Waals surface area (Å²) in [4.78, 5) is 14.9. The minimum atomic E-state index is 0.497. The predicted octanol–water partition coefficient (Wildman–Crippen LogP) is 2.31. The molecule has 4 heteroatoms. The molecule has 22 heavy (non-hydrogen) atoms. The fourth-order valence-corrected chi connectivity index (χ4v) is 2.06. The number of amides is 1. The first kappa shape index (κ1) is 15.3. The minimum absolute atomic E-state index is 0.497. The number of rotatable bonds is 6.